The van der Waals surface area contributed by atoms with E-state index in [0.717, 1.165) is 14.6 Å². The molecule has 2 aliphatic heterocycles. The van der Waals surface area contributed by atoms with Gasteiger partial charge in [-0.3, -0.25) is 4.78 Å². The second kappa shape index (κ2) is 13.6. The van der Waals surface area contributed by atoms with E-state index in [-0.39, 0.29) is 0 Å². The summed E-state index contributed by atoms with van der Waals surface area (Å²) in [5.41, 5.74) is 0.783. The van der Waals surface area contributed by atoms with Crippen LogP contribution in [0.1, 0.15) is 0 Å². The summed E-state index contributed by atoms with van der Waals surface area (Å²) in [7, 11) is -4.28. The van der Waals surface area contributed by atoms with Gasteiger partial charge in [0.2, 0.25) is 0 Å². The van der Waals surface area contributed by atoms with Gasteiger partial charge in [-0.05, 0) is 71.1 Å². The molecule has 0 atom stereocenters. The fraction of sp³-hybridized carbons (Fsp3) is 0.400. The van der Waals surface area contributed by atoms with Gasteiger partial charge in [-0.15, -0.1) is 0 Å². The van der Waals surface area contributed by atoms with E-state index in [4.69, 9.17) is 14.3 Å². The van der Waals surface area contributed by atoms with E-state index < -0.39 is 19.5 Å². The van der Waals surface area contributed by atoms with Crippen LogP contribution >= 0.6 is 54.5 Å². The summed E-state index contributed by atoms with van der Waals surface area (Å²) >= 11 is 8.97. The molecule has 172 valence electrons. The molecule has 2 aliphatic rings. The molecular formula is C20H25Br2IN2O4S2. The summed E-state index contributed by atoms with van der Waals surface area (Å²) in [4.78, 5) is 0. The minimum Gasteiger partial charge on any atom is -0.379 e. The van der Waals surface area contributed by atoms with Crippen molar-refractivity contribution in [2.24, 2.45) is 4.36 Å². The third-order valence-electron chi connectivity index (χ3n) is 4.11. The molecule has 2 saturated heterocycles. The molecule has 0 radical (unpaired) electrons. The molecule has 6 nitrogen and oxygen atoms in total. The zero-order chi connectivity index (χ0) is 22.7. The molecule has 1 N–H and O–H groups in total. The van der Waals surface area contributed by atoms with Crippen molar-refractivity contribution in [1.82, 2.24) is 0 Å². The maximum absolute atomic E-state index is 12.2. The van der Waals surface area contributed by atoms with E-state index in [1.54, 1.807) is 0 Å². The quantitative estimate of drug-likeness (QED) is 0.386. The first-order valence-electron chi connectivity index (χ1n) is 9.46. The summed E-state index contributed by atoms with van der Waals surface area (Å²) in [5, 5.41) is 0. The zero-order valence-corrected chi connectivity index (χ0v) is 23.8. The highest BCUT2D eigenvalue weighted by Crippen LogP contribution is 2.20. The number of halogens is 3. The maximum Gasteiger partial charge on any atom is 0.0731 e. The van der Waals surface area contributed by atoms with Gasteiger partial charge < -0.3 is 9.47 Å². The lowest BCUT2D eigenvalue weighted by molar-refractivity contribution is 0.158. The van der Waals surface area contributed by atoms with E-state index in [1.165, 1.54) is 3.57 Å². The van der Waals surface area contributed by atoms with Crippen molar-refractivity contribution >= 4 is 79.6 Å². The van der Waals surface area contributed by atoms with Gasteiger partial charge in [0.25, 0.3) is 0 Å². The Kier molecular flexibility index (Phi) is 11.9. The summed E-state index contributed by atoms with van der Waals surface area (Å²) < 4.78 is 47.9. The molecule has 0 bridgehead atoms. The van der Waals surface area contributed by atoms with E-state index in [0.29, 0.717) is 49.4 Å². The van der Waals surface area contributed by atoms with Crippen LogP contribution in [0.2, 0.25) is 0 Å². The van der Waals surface area contributed by atoms with Gasteiger partial charge in [-0.1, -0.05) is 31.9 Å². The number of nitrogens with zero attached hydrogens (tertiary/aromatic N) is 1. The molecule has 0 aromatic heterocycles. The maximum atomic E-state index is 12.2. The van der Waals surface area contributed by atoms with Gasteiger partial charge in [0, 0.05) is 22.2 Å². The SMILES string of the molecule is Brc1ccc(I)cc1.N=S1(=O)CCOCC1.O=S1(=Nc2ccc(Br)cc2)CCOCC1. The Morgan fingerprint density at radius 3 is 1.58 bits per heavy atom. The first kappa shape index (κ1) is 27.2. The average molecular weight is 708 g/mol. The molecular weight excluding hydrogens is 683 g/mol. The van der Waals surface area contributed by atoms with Crippen molar-refractivity contribution in [2.45, 2.75) is 0 Å². The lowest BCUT2D eigenvalue weighted by atomic mass is 10.3. The first-order valence-corrected chi connectivity index (χ1v) is 15.9. The number of benzene rings is 2. The normalized spacial score (nSPS) is 19.1. The second-order valence-electron chi connectivity index (χ2n) is 6.63. The van der Waals surface area contributed by atoms with Crippen LogP contribution in [0.15, 0.2) is 61.8 Å². The zero-order valence-electron chi connectivity index (χ0n) is 16.8. The van der Waals surface area contributed by atoms with E-state index in [9.17, 15) is 8.42 Å². The monoisotopic (exact) mass is 706 g/mol. The summed E-state index contributed by atoms with van der Waals surface area (Å²) in [5.74, 6) is 1.94. The molecule has 0 saturated carbocycles. The van der Waals surface area contributed by atoms with Gasteiger partial charge in [-0.25, -0.2) is 8.42 Å². The van der Waals surface area contributed by atoms with Gasteiger partial charge in [0.15, 0.2) is 0 Å². The molecule has 2 aromatic carbocycles. The molecule has 31 heavy (non-hydrogen) atoms. The minimum absolute atomic E-state index is 0.424. The lowest BCUT2D eigenvalue weighted by Gasteiger charge is -2.15. The molecule has 0 amide bonds. The Labute approximate surface area is 215 Å². The predicted molar refractivity (Wildman–Crippen MR) is 143 cm³/mol. The van der Waals surface area contributed by atoms with E-state index >= 15 is 0 Å². The number of nitrogens with one attached hydrogen (secondary N) is 1. The first-order chi connectivity index (χ1) is 14.7. The van der Waals surface area contributed by atoms with Crippen molar-refractivity contribution in [3.8, 4) is 0 Å². The molecule has 0 unspecified atom stereocenters. The predicted octanol–water partition coefficient (Wildman–Crippen LogP) is 5.70. The highest BCUT2D eigenvalue weighted by atomic mass is 127. The van der Waals surface area contributed by atoms with Crippen LogP contribution in [0.5, 0.6) is 0 Å². The van der Waals surface area contributed by atoms with Crippen LogP contribution in [0.25, 0.3) is 0 Å². The van der Waals surface area contributed by atoms with E-state index in [2.05, 4.69) is 70.9 Å². The van der Waals surface area contributed by atoms with Crippen LogP contribution in [0.3, 0.4) is 0 Å². The minimum atomic E-state index is -2.21. The second-order valence-corrected chi connectivity index (χ2v) is 14.7. The summed E-state index contributed by atoms with van der Waals surface area (Å²) in [6.07, 6.45) is 0. The summed E-state index contributed by atoms with van der Waals surface area (Å²) in [6.45, 7) is 2.11. The van der Waals surface area contributed by atoms with Gasteiger partial charge >= 0.3 is 0 Å². The van der Waals surface area contributed by atoms with Gasteiger partial charge in [0.1, 0.15) is 0 Å². The third kappa shape index (κ3) is 11.6. The van der Waals surface area contributed by atoms with Crippen LogP contribution in [-0.2, 0) is 28.9 Å². The Hall–Kier alpha value is -0.0500. The number of ether oxygens (including phenoxy) is 2. The molecule has 2 heterocycles. The molecule has 0 spiro atoms. The highest BCUT2D eigenvalue weighted by molar-refractivity contribution is 14.1. The topological polar surface area (TPSA) is 88.8 Å². The summed E-state index contributed by atoms with van der Waals surface area (Å²) in [6, 6.07) is 15.7. The van der Waals surface area contributed by atoms with Crippen molar-refractivity contribution in [1.29, 1.82) is 4.78 Å². The molecule has 2 aromatic rings. The largest absolute Gasteiger partial charge is 0.379 e. The van der Waals surface area contributed by atoms with Crippen molar-refractivity contribution in [2.75, 3.05) is 49.4 Å². The smallest absolute Gasteiger partial charge is 0.0731 e. The molecule has 2 fully saturated rings. The lowest BCUT2D eigenvalue weighted by Crippen LogP contribution is -2.25. The van der Waals surface area contributed by atoms with Gasteiger partial charge in [0.05, 0.1) is 64.9 Å². The van der Waals surface area contributed by atoms with Crippen LogP contribution < -0.4 is 0 Å². The fourth-order valence-corrected chi connectivity index (χ4v) is 5.90. The van der Waals surface area contributed by atoms with Crippen LogP contribution in [0.4, 0.5) is 5.69 Å². The molecule has 11 heteroatoms. The standard InChI is InChI=1S/C10H12BrNO2S.C6H4BrI.C4H9NO2S/c11-9-1-3-10(4-2-9)12-15(13)7-5-14-6-8-15;7-5-1-3-6(8)4-2-5;5-8(6)3-1-7-2-4-8/h1-4H,5-8H2;1-4H;5H,1-4H2. The third-order valence-corrected chi connectivity index (χ3v) is 9.69. The highest BCUT2D eigenvalue weighted by Gasteiger charge is 2.14. The van der Waals surface area contributed by atoms with Crippen molar-refractivity contribution < 1.29 is 17.9 Å². The molecule has 4 rings (SSSR count). The average Bonchev–Trinajstić information content (AvgIpc) is 2.73. The fourth-order valence-electron chi connectivity index (χ4n) is 2.39. The van der Waals surface area contributed by atoms with Gasteiger partial charge in [-0.2, -0.15) is 4.36 Å². The number of hydrogen-bond donors (Lipinski definition) is 1. The Bertz CT molecular complexity index is 995. The van der Waals surface area contributed by atoms with Crippen LogP contribution in [-0.4, -0.2) is 57.9 Å². The Morgan fingerprint density at radius 1 is 0.774 bits per heavy atom. The molecule has 0 aliphatic carbocycles. The Balaban J connectivity index is 0.000000181. The van der Waals surface area contributed by atoms with Crippen molar-refractivity contribution in [3.05, 3.63) is 61.0 Å². The van der Waals surface area contributed by atoms with E-state index in [1.807, 2.05) is 36.4 Å². The number of hydrogen-bond acceptors (Lipinski definition) is 6. The van der Waals surface area contributed by atoms with Crippen molar-refractivity contribution in [3.63, 3.8) is 0 Å². The van der Waals surface area contributed by atoms with Crippen LogP contribution in [0, 0.1) is 8.35 Å². The number of rotatable bonds is 1. The Morgan fingerprint density at radius 2 is 1.19 bits per heavy atom.